The summed E-state index contributed by atoms with van der Waals surface area (Å²) in [6.07, 6.45) is 1.67. The molecule has 0 unspecified atom stereocenters. The molecule has 23 heavy (non-hydrogen) atoms. The maximum Gasteiger partial charge on any atom is 0.230 e. The average molecular weight is 311 g/mol. The van der Waals surface area contributed by atoms with E-state index in [0.29, 0.717) is 24.1 Å². The van der Waals surface area contributed by atoms with Crippen molar-refractivity contribution < 1.29 is 9.26 Å². The summed E-state index contributed by atoms with van der Waals surface area (Å²) in [5.74, 6) is 3.28. The van der Waals surface area contributed by atoms with Crippen LogP contribution < -0.4 is 15.4 Å². The highest BCUT2D eigenvalue weighted by Gasteiger charge is 2.05. The van der Waals surface area contributed by atoms with Crippen molar-refractivity contribution in [2.45, 2.75) is 13.5 Å². The second-order valence-corrected chi connectivity index (χ2v) is 4.88. The van der Waals surface area contributed by atoms with E-state index in [1.54, 1.807) is 25.4 Å². The molecule has 2 aromatic heterocycles. The Bertz CT molecular complexity index is 787. The standard InChI is InChI=1S/C16H17N5O2/c1-11-9-15(21-23-11)20-16-17-8-7-14(19-16)18-10-12-5-3-4-6-13(12)22-2/h3-9H,10H2,1-2H3,(H2,17,18,19,20,21). The molecule has 0 amide bonds. The molecule has 0 radical (unpaired) electrons. The Morgan fingerprint density at radius 3 is 2.83 bits per heavy atom. The molecular formula is C16H17N5O2. The molecule has 0 atom stereocenters. The molecule has 0 aliphatic rings. The Kier molecular flexibility index (Phi) is 4.37. The molecule has 0 spiro atoms. The van der Waals surface area contributed by atoms with Gasteiger partial charge in [-0.1, -0.05) is 23.4 Å². The normalized spacial score (nSPS) is 10.3. The molecule has 0 aliphatic heterocycles. The van der Waals surface area contributed by atoms with Crippen LogP contribution in [0.1, 0.15) is 11.3 Å². The third-order valence-corrected chi connectivity index (χ3v) is 3.18. The van der Waals surface area contributed by atoms with Crippen LogP contribution in [-0.2, 0) is 6.54 Å². The van der Waals surface area contributed by atoms with Crippen LogP contribution >= 0.6 is 0 Å². The maximum atomic E-state index is 5.34. The largest absolute Gasteiger partial charge is 0.496 e. The first-order valence-corrected chi connectivity index (χ1v) is 7.14. The number of methoxy groups -OCH3 is 1. The SMILES string of the molecule is COc1ccccc1CNc1ccnc(Nc2cc(C)on2)n1. The first-order chi connectivity index (χ1) is 11.2. The van der Waals surface area contributed by atoms with E-state index in [4.69, 9.17) is 9.26 Å². The molecule has 0 saturated carbocycles. The minimum atomic E-state index is 0.448. The topological polar surface area (TPSA) is 85.1 Å². The number of benzene rings is 1. The van der Waals surface area contributed by atoms with Gasteiger partial charge in [0.05, 0.1) is 7.11 Å². The van der Waals surface area contributed by atoms with Crippen molar-refractivity contribution in [3.05, 3.63) is 53.9 Å². The zero-order valence-electron chi connectivity index (χ0n) is 12.9. The van der Waals surface area contributed by atoms with Crippen molar-refractivity contribution in [3.63, 3.8) is 0 Å². The summed E-state index contributed by atoms with van der Waals surface area (Å²) in [6, 6.07) is 11.4. The monoisotopic (exact) mass is 311 g/mol. The molecule has 2 heterocycles. The van der Waals surface area contributed by atoms with E-state index in [2.05, 4.69) is 25.8 Å². The smallest absolute Gasteiger partial charge is 0.230 e. The van der Waals surface area contributed by atoms with Crippen molar-refractivity contribution in [2.75, 3.05) is 17.7 Å². The highest BCUT2D eigenvalue weighted by molar-refractivity contribution is 5.50. The lowest BCUT2D eigenvalue weighted by Crippen LogP contribution is -2.05. The Labute approximate surface area is 133 Å². The van der Waals surface area contributed by atoms with Gasteiger partial charge < -0.3 is 19.9 Å². The van der Waals surface area contributed by atoms with Gasteiger partial charge in [-0.3, -0.25) is 0 Å². The van der Waals surface area contributed by atoms with Crippen molar-refractivity contribution in [2.24, 2.45) is 0 Å². The summed E-state index contributed by atoms with van der Waals surface area (Å²) in [7, 11) is 1.66. The van der Waals surface area contributed by atoms with Gasteiger partial charge in [0.2, 0.25) is 5.95 Å². The minimum Gasteiger partial charge on any atom is -0.496 e. The number of ether oxygens (including phenoxy) is 1. The fraction of sp³-hybridized carbons (Fsp3) is 0.188. The fourth-order valence-electron chi connectivity index (χ4n) is 2.09. The number of aryl methyl sites for hydroxylation is 1. The van der Waals surface area contributed by atoms with E-state index in [9.17, 15) is 0 Å². The van der Waals surface area contributed by atoms with Crippen LogP contribution in [0.5, 0.6) is 5.75 Å². The second kappa shape index (κ2) is 6.78. The molecule has 2 N–H and O–H groups in total. The van der Waals surface area contributed by atoms with Crippen molar-refractivity contribution in [1.29, 1.82) is 0 Å². The number of aromatic nitrogens is 3. The molecule has 1 aromatic carbocycles. The Hall–Kier alpha value is -3.09. The van der Waals surface area contributed by atoms with Crippen LogP contribution in [0.3, 0.4) is 0 Å². The first-order valence-electron chi connectivity index (χ1n) is 7.14. The van der Waals surface area contributed by atoms with Crippen LogP contribution in [0, 0.1) is 6.92 Å². The molecule has 3 rings (SSSR count). The Balaban J connectivity index is 1.68. The molecular weight excluding hydrogens is 294 g/mol. The van der Waals surface area contributed by atoms with E-state index in [0.717, 1.165) is 17.1 Å². The van der Waals surface area contributed by atoms with E-state index in [1.807, 2.05) is 31.2 Å². The average Bonchev–Trinajstić information content (AvgIpc) is 2.98. The summed E-state index contributed by atoms with van der Waals surface area (Å²) >= 11 is 0. The van der Waals surface area contributed by atoms with Crippen molar-refractivity contribution in [1.82, 2.24) is 15.1 Å². The highest BCUT2D eigenvalue weighted by Crippen LogP contribution is 2.19. The zero-order valence-corrected chi connectivity index (χ0v) is 12.9. The predicted molar refractivity (Wildman–Crippen MR) is 86.9 cm³/mol. The van der Waals surface area contributed by atoms with Crippen molar-refractivity contribution >= 4 is 17.6 Å². The maximum absolute atomic E-state index is 5.34. The molecule has 118 valence electrons. The van der Waals surface area contributed by atoms with E-state index in [1.165, 1.54) is 0 Å². The minimum absolute atomic E-state index is 0.448. The first kappa shape index (κ1) is 14.8. The molecule has 0 fully saturated rings. The van der Waals surface area contributed by atoms with Gasteiger partial charge in [0.15, 0.2) is 5.82 Å². The fourth-order valence-corrected chi connectivity index (χ4v) is 2.09. The molecule has 3 aromatic rings. The van der Waals surface area contributed by atoms with Gasteiger partial charge >= 0.3 is 0 Å². The lowest BCUT2D eigenvalue weighted by atomic mass is 10.2. The summed E-state index contributed by atoms with van der Waals surface area (Å²) in [4.78, 5) is 8.56. The Morgan fingerprint density at radius 1 is 1.17 bits per heavy atom. The molecule has 7 heteroatoms. The van der Waals surface area contributed by atoms with E-state index >= 15 is 0 Å². The highest BCUT2D eigenvalue weighted by atomic mass is 16.5. The predicted octanol–water partition coefficient (Wildman–Crippen LogP) is 3.14. The van der Waals surface area contributed by atoms with Crippen LogP contribution in [0.2, 0.25) is 0 Å². The van der Waals surface area contributed by atoms with Gasteiger partial charge in [-0.15, -0.1) is 0 Å². The third kappa shape index (κ3) is 3.76. The third-order valence-electron chi connectivity index (χ3n) is 3.18. The lowest BCUT2D eigenvalue weighted by Gasteiger charge is -2.10. The molecule has 7 nitrogen and oxygen atoms in total. The number of hydrogen-bond acceptors (Lipinski definition) is 7. The van der Waals surface area contributed by atoms with Gasteiger partial charge in [0.25, 0.3) is 0 Å². The summed E-state index contributed by atoms with van der Waals surface area (Å²) in [6.45, 7) is 2.42. The van der Waals surface area contributed by atoms with E-state index < -0.39 is 0 Å². The van der Waals surface area contributed by atoms with Crippen LogP contribution in [0.25, 0.3) is 0 Å². The summed E-state index contributed by atoms with van der Waals surface area (Å²) < 4.78 is 10.3. The molecule has 0 saturated heterocycles. The quantitative estimate of drug-likeness (QED) is 0.723. The van der Waals surface area contributed by atoms with Gasteiger partial charge in [-0.25, -0.2) is 4.98 Å². The number of rotatable bonds is 6. The van der Waals surface area contributed by atoms with Crippen LogP contribution in [0.15, 0.2) is 47.1 Å². The van der Waals surface area contributed by atoms with Crippen molar-refractivity contribution in [3.8, 4) is 5.75 Å². The number of para-hydroxylation sites is 1. The number of hydrogen-bond donors (Lipinski definition) is 2. The Morgan fingerprint density at radius 2 is 2.04 bits per heavy atom. The number of nitrogens with zero attached hydrogens (tertiary/aromatic N) is 3. The zero-order chi connectivity index (χ0) is 16.1. The number of nitrogens with one attached hydrogen (secondary N) is 2. The van der Waals surface area contributed by atoms with Crippen LogP contribution in [0.4, 0.5) is 17.6 Å². The van der Waals surface area contributed by atoms with Gasteiger partial charge in [0.1, 0.15) is 17.3 Å². The van der Waals surface area contributed by atoms with E-state index in [-0.39, 0.29) is 0 Å². The molecule has 0 aliphatic carbocycles. The summed E-state index contributed by atoms with van der Waals surface area (Å²) in [5.41, 5.74) is 1.05. The second-order valence-electron chi connectivity index (χ2n) is 4.88. The number of anilines is 3. The summed E-state index contributed by atoms with van der Waals surface area (Å²) in [5, 5.41) is 10.1. The lowest BCUT2D eigenvalue weighted by molar-refractivity contribution is 0.400. The van der Waals surface area contributed by atoms with Crippen LogP contribution in [-0.4, -0.2) is 22.2 Å². The molecule has 0 bridgehead atoms. The van der Waals surface area contributed by atoms with Gasteiger partial charge in [-0.05, 0) is 19.1 Å². The van der Waals surface area contributed by atoms with Gasteiger partial charge in [0, 0.05) is 24.4 Å². The van der Waals surface area contributed by atoms with Gasteiger partial charge in [-0.2, -0.15) is 4.98 Å².